The number of ether oxygens (including phenoxy) is 2. The Morgan fingerprint density at radius 3 is 2.71 bits per heavy atom. The third kappa shape index (κ3) is 5.30. The molecule has 2 atom stereocenters. The Kier molecular flexibility index (Phi) is 5.93. The smallest absolute Gasteiger partial charge is 0.422 e. The van der Waals surface area contributed by atoms with Crippen LogP contribution in [0.5, 0.6) is 5.75 Å². The third-order valence-corrected chi connectivity index (χ3v) is 3.98. The molecule has 0 saturated heterocycles. The van der Waals surface area contributed by atoms with Crippen molar-refractivity contribution in [2.75, 3.05) is 19.0 Å². The first kappa shape index (κ1) is 18.4. The highest BCUT2D eigenvalue weighted by atomic mass is 19.4. The number of carbonyl (C=O) groups is 1. The minimum Gasteiger partial charge on any atom is -0.484 e. The first-order valence-corrected chi connectivity index (χ1v) is 7.68. The van der Waals surface area contributed by atoms with Crippen LogP contribution in [-0.4, -0.2) is 38.1 Å². The van der Waals surface area contributed by atoms with E-state index >= 15 is 0 Å². The van der Waals surface area contributed by atoms with Gasteiger partial charge in [0, 0.05) is 24.4 Å². The van der Waals surface area contributed by atoms with Gasteiger partial charge in [0.05, 0.1) is 6.10 Å². The molecule has 2 rings (SSSR count). The van der Waals surface area contributed by atoms with E-state index in [4.69, 9.17) is 9.47 Å². The van der Waals surface area contributed by atoms with E-state index in [0.29, 0.717) is 11.3 Å². The molecule has 2 N–H and O–H groups in total. The molecular weight excluding hydrogens is 325 g/mol. The number of alkyl halides is 3. The van der Waals surface area contributed by atoms with Gasteiger partial charge in [0.15, 0.2) is 6.61 Å². The number of hydrogen-bond donors (Lipinski definition) is 2. The molecule has 0 bridgehead atoms. The van der Waals surface area contributed by atoms with E-state index in [0.717, 1.165) is 19.3 Å². The molecule has 0 radical (unpaired) electrons. The van der Waals surface area contributed by atoms with Gasteiger partial charge in [0.1, 0.15) is 5.75 Å². The molecule has 1 aliphatic carbocycles. The molecule has 1 aromatic carbocycles. The maximum absolute atomic E-state index is 12.3. The Labute approximate surface area is 138 Å². The molecule has 1 aromatic rings. The van der Waals surface area contributed by atoms with Gasteiger partial charge >= 0.3 is 12.2 Å². The lowest BCUT2D eigenvalue weighted by atomic mass is 10.2. The lowest BCUT2D eigenvalue weighted by Crippen LogP contribution is -2.36. The van der Waals surface area contributed by atoms with Gasteiger partial charge in [-0.15, -0.1) is 0 Å². The van der Waals surface area contributed by atoms with Crippen LogP contribution in [0.15, 0.2) is 18.2 Å². The summed E-state index contributed by atoms with van der Waals surface area (Å²) in [5, 5.41) is 5.50. The van der Waals surface area contributed by atoms with E-state index in [1.54, 1.807) is 20.1 Å². The lowest BCUT2D eigenvalue weighted by molar-refractivity contribution is -0.153. The van der Waals surface area contributed by atoms with Crippen molar-refractivity contribution in [1.29, 1.82) is 0 Å². The summed E-state index contributed by atoms with van der Waals surface area (Å²) in [6, 6.07) is 4.21. The van der Waals surface area contributed by atoms with Crippen LogP contribution in [0.4, 0.5) is 23.7 Å². The zero-order valence-electron chi connectivity index (χ0n) is 13.6. The van der Waals surface area contributed by atoms with Gasteiger partial charge in [0.25, 0.3) is 0 Å². The Balaban J connectivity index is 1.93. The summed E-state index contributed by atoms with van der Waals surface area (Å²) < 4.78 is 46.8. The van der Waals surface area contributed by atoms with Crippen LogP contribution < -0.4 is 15.4 Å². The molecule has 0 aromatic heterocycles. The number of urea groups is 1. The number of halogens is 3. The maximum Gasteiger partial charge on any atom is 0.422 e. The Morgan fingerprint density at radius 1 is 1.33 bits per heavy atom. The molecule has 1 aliphatic rings. The molecule has 24 heavy (non-hydrogen) atoms. The first-order chi connectivity index (χ1) is 11.3. The van der Waals surface area contributed by atoms with Crippen LogP contribution in [0, 0.1) is 6.92 Å². The van der Waals surface area contributed by atoms with Crippen LogP contribution >= 0.6 is 0 Å². The number of amides is 2. The summed E-state index contributed by atoms with van der Waals surface area (Å²) in [4.78, 5) is 12.1. The van der Waals surface area contributed by atoms with Crippen molar-refractivity contribution in [3.05, 3.63) is 23.8 Å². The topological polar surface area (TPSA) is 59.6 Å². The second-order valence-electron chi connectivity index (χ2n) is 5.80. The molecule has 8 heteroatoms. The van der Waals surface area contributed by atoms with E-state index in [1.807, 2.05) is 0 Å². The molecule has 5 nitrogen and oxygen atoms in total. The van der Waals surface area contributed by atoms with Gasteiger partial charge < -0.3 is 20.1 Å². The van der Waals surface area contributed by atoms with Crippen LogP contribution in [0.1, 0.15) is 24.8 Å². The lowest BCUT2D eigenvalue weighted by Gasteiger charge is -2.17. The maximum atomic E-state index is 12.3. The van der Waals surface area contributed by atoms with Gasteiger partial charge in [0.2, 0.25) is 0 Å². The predicted octanol–water partition coefficient (Wildman–Crippen LogP) is 3.63. The van der Waals surface area contributed by atoms with E-state index in [9.17, 15) is 18.0 Å². The van der Waals surface area contributed by atoms with Crippen LogP contribution in [0.25, 0.3) is 0 Å². The van der Waals surface area contributed by atoms with Crippen molar-refractivity contribution in [2.24, 2.45) is 0 Å². The zero-order valence-corrected chi connectivity index (χ0v) is 13.6. The number of hydrogen-bond acceptors (Lipinski definition) is 3. The van der Waals surface area contributed by atoms with Crippen molar-refractivity contribution in [2.45, 2.75) is 44.5 Å². The predicted molar refractivity (Wildman–Crippen MR) is 83.3 cm³/mol. The number of rotatable bonds is 5. The fourth-order valence-corrected chi connectivity index (χ4v) is 2.69. The van der Waals surface area contributed by atoms with E-state index in [2.05, 4.69) is 10.6 Å². The Hall–Kier alpha value is -1.96. The normalized spacial score (nSPS) is 20.7. The summed E-state index contributed by atoms with van der Waals surface area (Å²) in [5.41, 5.74) is 0.853. The molecule has 0 heterocycles. The quantitative estimate of drug-likeness (QED) is 0.856. The standard InChI is InChI=1S/C16H21F3N2O3/c1-10-13(4-3-5-14(10)24-9-16(17,18)19)21-15(22)20-11-6-7-12(8-11)23-2/h3-5,11-12H,6-9H2,1-2H3,(H2,20,21,22)/t11-,12-/m0/s1. The summed E-state index contributed by atoms with van der Waals surface area (Å²) in [7, 11) is 1.64. The van der Waals surface area contributed by atoms with Gasteiger partial charge in [-0.3, -0.25) is 0 Å². The molecule has 0 unspecified atom stereocenters. The largest absolute Gasteiger partial charge is 0.484 e. The van der Waals surface area contributed by atoms with Crippen molar-refractivity contribution in [1.82, 2.24) is 5.32 Å². The average molecular weight is 346 g/mol. The van der Waals surface area contributed by atoms with E-state index < -0.39 is 18.8 Å². The van der Waals surface area contributed by atoms with Crippen molar-refractivity contribution < 1.29 is 27.4 Å². The van der Waals surface area contributed by atoms with Crippen LogP contribution in [0.3, 0.4) is 0 Å². The number of anilines is 1. The number of methoxy groups -OCH3 is 1. The molecule has 1 fully saturated rings. The minimum atomic E-state index is -4.41. The van der Waals surface area contributed by atoms with Crippen molar-refractivity contribution in [3.63, 3.8) is 0 Å². The minimum absolute atomic E-state index is 0.0277. The van der Waals surface area contributed by atoms with Crippen LogP contribution in [0.2, 0.25) is 0 Å². The third-order valence-electron chi connectivity index (χ3n) is 3.98. The second kappa shape index (κ2) is 7.74. The van der Waals surface area contributed by atoms with Crippen molar-refractivity contribution in [3.8, 4) is 5.75 Å². The van der Waals surface area contributed by atoms with Gasteiger partial charge in [-0.05, 0) is 38.3 Å². The zero-order chi connectivity index (χ0) is 17.7. The SMILES string of the molecule is CO[C@H]1CC[C@H](NC(=O)Nc2cccc(OCC(F)(F)F)c2C)C1. The highest BCUT2D eigenvalue weighted by Gasteiger charge is 2.29. The fourth-order valence-electron chi connectivity index (χ4n) is 2.69. The van der Waals surface area contributed by atoms with E-state index in [1.165, 1.54) is 12.1 Å². The number of nitrogens with one attached hydrogen (secondary N) is 2. The van der Waals surface area contributed by atoms with Gasteiger partial charge in [-0.2, -0.15) is 13.2 Å². The fraction of sp³-hybridized carbons (Fsp3) is 0.562. The molecule has 1 saturated carbocycles. The van der Waals surface area contributed by atoms with Gasteiger partial charge in [-0.1, -0.05) is 6.07 Å². The second-order valence-corrected chi connectivity index (χ2v) is 5.80. The summed E-state index contributed by atoms with van der Waals surface area (Å²) in [6.45, 7) is 0.224. The van der Waals surface area contributed by atoms with Crippen molar-refractivity contribution >= 4 is 11.7 Å². The van der Waals surface area contributed by atoms with Gasteiger partial charge in [-0.25, -0.2) is 4.79 Å². The average Bonchev–Trinajstić information content (AvgIpc) is 2.94. The molecule has 2 amide bonds. The number of benzene rings is 1. The Bertz CT molecular complexity index is 578. The highest BCUT2D eigenvalue weighted by molar-refractivity contribution is 5.90. The molecule has 0 aliphatic heterocycles. The molecule has 134 valence electrons. The highest BCUT2D eigenvalue weighted by Crippen LogP contribution is 2.27. The summed E-state index contributed by atoms with van der Waals surface area (Å²) >= 11 is 0. The number of carbonyl (C=O) groups excluding carboxylic acids is 1. The molecular formula is C16H21F3N2O3. The van der Waals surface area contributed by atoms with E-state index in [-0.39, 0.29) is 17.9 Å². The monoisotopic (exact) mass is 346 g/mol. The summed E-state index contributed by atoms with van der Waals surface area (Å²) in [5.74, 6) is 0.0884. The Morgan fingerprint density at radius 2 is 2.08 bits per heavy atom. The summed E-state index contributed by atoms with van der Waals surface area (Å²) in [6.07, 6.45) is -1.79. The van der Waals surface area contributed by atoms with Crippen LogP contribution in [-0.2, 0) is 4.74 Å². The molecule has 0 spiro atoms. The first-order valence-electron chi connectivity index (χ1n) is 7.68.